The molecule has 0 heterocycles. The van der Waals surface area contributed by atoms with Crippen LogP contribution in [0.25, 0.3) is 0 Å². The molecule has 0 aliphatic rings. The highest BCUT2D eigenvalue weighted by molar-refractivity contribution is 5.74. The van der Waals surface area contributed by atoms with Crippen LogP contribution in [0, 0.1) is 13.8 Å². The number of carboxylic acids is 1. The van der Waals surface area contributed by atoms with Crippen LogP contribution in [0.2, 0.25) is 0 Å². The van der Waals surface area contributed by atoms with E-state index in [4.69, 9.17) is 5.11 Å². The molecule has 0 fully saturated rings. The second-order valence-electron chi connectivity index (χ2n) is 4.84. The van der Waals surface area contributed by atoms with Gasteiger partial charge in [0.15, 0.2) is 0 Å². The maximum atomic E-state index is 10.9. The molecule has 0 aliphatic heterocycles. The van der Waals surface area contributed by atoms with Gasteiger partial charge in [-0.2, -0.15) is 0 Å². The van der Waals surface area contributed by atoms with Crippen LogP contribution in [0.4, 0.5) is 0 Å². The smallest absolute Gasteiger partial charge is 0.323 e. The number of rotatable bonds is 6. The van der Waals surface area contributed by atoms with Crippen molar-refractivity contribution in [2.75, 3.05) is 6.54 Å². The summed E-state index contributed by atoms with van der Waals surface area (Å²) in [5.74, 6) is -1.14. The van der Waals surface area contributed by atoms with Crippen molar-refractivity contribution >= 4 is 5.97 Å². The molecule has 0 bridgehead atoms. The van der Waals surface area contributed by atoms with E-state index in [-0.39, 0.29) is 6.54 Å². The summed E-state index contributed by atoms with van der Waals surface area (Å²) in [7, 11) is 0. The van der Waals surface area contributed by atoms with Gasteiger partial charge >= 0.3 is 5.97 Å². The molecule has 0 aliphatic carbocycles. The lowest BCUT2D eigenvalue weighted by molar-refractivity contribution is -0.142. The van der Waals surface area contributed by atoms with Gasteiger partial charge in [-0.25, -0.2) is 0 Å². The molecule has 5 nitrogen and oxygen atoms in total. The number of aliphatic hydroxyl groups excluding tert-OH is 2. The van der Waals surface area contributed by atoms with Crippen molar-refractivity contribution in [3.05, 3.63) is 34.9 Å². The summed E-state index contributed by atoms with van der Waals surface area (Å²) in [5, 5.41) is 31.0. The molecular formula is C14H21NO4. The number of hydrogen-bond donors (Lipinski definition) is 4. The Kier molecular flexibility index (Phi) is 5.47. The zero-order valence-electron chi connectivity index (χ0n) is 11.4. The minimum Gasteiger partial charge on any atom is -0.480 e. The molecule has 1 aromatic carbocycles. The van der Waals surface area contributed by atoms with Gasteiger partial charge in [0.05, 0.1) is 12.2 Å². The first-order valence-corrected chi connectivity index (χ1v) is 6.22. The van der Waals surface area contributed by atoms with Crippen molar-refractivity contribution in [3.8, 4) is 0 Å². The third kappa shape index (κ3) is 4.31. The summed E-state index contributed by atoms with van der Waals surface area (Å²) < 4.78 is 0. The predicted molar refractivity (Wildman–Crippen MR) is 72.0 cm³/mol. The molecule has 4 N–H and O–H groups in total. The van der Waals surface area contributed by atoms with Gasteiger partial charge in [0.25, 0.3) is 0 Å². The van der Waals surface area contributed by atoms with Crippen LogP contribution in [0.3, 0.4) is 0 Å². The Bertz CT molecular complexity index is 445. The molecule has 1 aromatic rings. The van der Waals surface area contributed by atoms with Crippen LogP contribution in [0.15, 0.2) is 18.2 Å². The third-order valence-electron chi connectivity index (χ3n) is 3.06. The molecule has 0 amide bonds. The number of aliphatic hydroxyl groups is 2. The Labute approximate surface area is 112 Å². The first-order valence-electron chi connectivity index (χ1n) is 6.22. The van der Waals surface area contributed by atoms with Gasteiger partial charge in [0, 0.05) is 6.54 Å². The van der Waals surface area contributed by atoms with Crippen molar-refractivity contribution in [1.82, 2.24) is 5.32 Å². The van der Waals surface area contributed by atoms with E-state index in [0.29, 0.717) is 0 Å². The minimum absolute atomic E-state index is 0.0752. The zero-order valence-corrected chi connectivity index (χ0v) is 11.4. The monoisotopic (exact) mass is 267 g/mol. The number of benzene rings is 1. The second-order valence-corrected chi connectivity index (χ2v) is 4.84. The first-order chi connectivity index (χ1) is 8.82. The summed E-state index contributed by atoms with van der Waals surface area (Å²) in [4.78, 5) is 10.9. The average molecular weight is 267 g/mol. The lowest BCUT2D eigenvalue weighted by atomic mass is 10.0. The Morgan fingerprint density at radius 3 is 2.42 bits per heavy atom. The fraction of sp³-hybridized carbons (Fsp3) is 0.500. The Balaban J connectivity index is 2.69. The number of carbonyl (C=O) groups is 1. The van der Waals surface area contributed by atoms with Crippen LogP contribution in [-0.4, -0.2) is 40.0 Å². The number of nitrogens with one attached hydrogen (secondary N) is 1. The largest absolute Gasteiger partial charge is 0.480 e. The van der Waals surface area contributed by atoms with Crippen molar-refractivity contribution < 1.29 is 20.1 Å². The van der Waals surface area contributed by atoms with Gasteiger partial charge in [-0.15, -0.1) is 0 Å². The molecule has 19 heavy (non-hydrogen) atoms. The fourth-order valence-corrected chi connectivity index (χ4v) is 2.01. The van der Waals surface area contributed by atoms with Gasteiger partial charge in [-0.05, 0) is 31.9 Å². The van der Waals surface area contributed by atoms with Gasteiger partial charge in [-0.1, -0.05) is 23.8 Å². The summed E-state index contributed by atoms with van der Waals surface area (Å²) >= 11 is 0. The topological polar surface area (TPSA) is 89.8 Å². The van der Waals surface area contributed by atoms with Crippen LogP contribution in [0.5, 0.6) is 0 Å². The standard InChI is InChI=1S/C14H21NO4/c1-8-4-5-11(9(2)6-8)12(17)7-15-13(10(3)16)14(18)19/h4-6,10,12-13,15-17H,7H2,1-3H3,(H,18,19). The van der Waals surface area contributed by atoms with E-state index in [1.54, 1.807) is 0 Å². The SMILES string of the molecule is Cc1ccc(C(O)CNC(C(=O)O)C(C)O)c(C)c1. The zero-order chi connectivity index (χ0) is 14.6. The van der Waals surface area contributed by atoms with E-state index in [9.17, 15) is 15.0 Å². The molecule has 3 unspecified atom stereocenters. The van der Waals surface area contributed by atoms with Crippen molar-refractivity contribution in [3.63, 3.8) is 0 Å². The first kappa shape index (κ1) is 15.6. The molecule has 1 rings (SSSR count). The highest BCUT2D eigenvalue weighted by Crippen LogP contribution is 2.18. The maximum absolute atomic E-state index is 10.9. The molecule has 0 radical (unpaired) electrons. The van der Waals surface area contributed by atoms with Gasteiger partial charge < -0.3 is 15.3 Å². The average Bonchev–Trinajstić information content (AvgIpc) is 2.27. The van der Waals surface area contributed by atoms with Crippen molar-refractivity contribution in [2.24, 2.45) is 0 Å². The maximum Gasteiger partial charge on any atom is 0.323 e. The molecule has 0 saturated carbocycles. The van der Waals surface area contributed by atoms with Crippen LogP contribution < -0.4 is 5.32 Å². The number of hydrogen-bond acceptors (Lipinski definition) is 4. The highest BCUT2D eigenvalue weighted by atomic mass is 16.4. The Morgan fingerprint density at radius 2 is 1.95 bits per heavy atom. The summed E-state index contributed by atoms with van der Waals surface area (Å²) in [5.41, 5.74) is 2.82. The van der Waals surface area contributed by atoms with E-state index in [0.717, 1.165) is 16.7 Å². The van der Waals surface area contributed by atoms with Crippen LogP contribution >= 0.6 is 0 Å². The molecule has 0 saturated heterocycles. The van der Waals surface area contributed by atoms with E-state index >= 15 is 0 Å². The molecule has 0 aromatic heterocycles. The van der Waals surface area contributed by atoms with Gasteiger partial charge in [0.2, 0.25) is 0 Å². The number of aliphatic carboxylic acids is 1. The molecule has 5 heteroatoms. The summed E-state index contributed by atoms with van der Waals surface area (Å²) in [6, 6.07) is 4.60. The van der Waals surface area contributed by atoms with E-state index in [2.05, 4.69) is 5.32 Å². The van der Waals surface area contributed by atoms with Crippen LogP contribution in [0.1, 0.15) is 29.7 Å². The highest BCUT2D eigenvalue weighted by Gasteiger charge is 2.23. The molecule has 106 valence electrons. The lowest BCUT2D eigenvalue weighted by Crippen LogP contribution is -2.46. The molecular weight excluding hydrogens is 246 g/mol. The van der Waals surface area contributed by atoms with E-state index < -0.39 is 24.2 Å². The summed E-state index contributed by atoms with van der Waals surface area (Å²) in [6.07, 6.45) is -1.83. The van der Waals surface area contributed by atoms with Crippen LogP contribution in [-0.2, 0) is 4.79 Å². The van der Waals surface area contributed by atoms with Gasteiger partial charge in [0.1, 0.15) is 6.04 Å². The van der Waals surface area contributed by atoms with Crippen molar-refractivity contribution in [2.45, 2.75) is 39.0 Å². The normalized spacial score (nSPS) is 15.8. The van der Waals surface area contributed by atoms with Crippen molar-refractivity contribution in [1.29, 1.82) is 0 Å². The molecule has 0 spiro atoms. The predicted octanol–water partition coefficient (Wildman–Crippen LogP) is 0.760. The Hall–Kier alpha value is -1.43. The Morgan fingerprint density at radius 1 is 1.32 bits per heavy atom. The lowest BCUT2D eigenvalue weighted by Gasteiger charge is -2.20. The third-order valence-corrected chi connectivity index (χ3v) is 3.06. The second kappa shape index (κ2) is 6.65. The van der Waals surface area contributed by atoms with E-state index in [1.165, 1.54) is 6.92 Å². The quantitative estimate of drug-likeness (QED) is 0.611. The van der Waals surface area contributed by atoms with E-state index in [1.807, 2.05) is 32.0 Å². The number of aryl methyl sites for hydroxylation is 2. The fourth-order valence-electron chi connectivity index (χ4n) is 2.01. The molecule has 3 atom stereocenters. The minimum atomic E-state index is -1.14. The summed E-state index contributed by atoms with van der Waals surface area (Å²) in [6.45, 7) is 5.34. The van der Waals surface area contributed by atoms with Gasteiger partial charge in [-0.3, -0.25) is 10.1 Å². The number of carboxylic acid groups (broad SMARTS) is 1.